The van der Waals surface area contributed by atoms with Crippen LogP contribution in [0.1, 0.15) is 40.2 Å². The van der Waals surface area contributed by atoms with Gasteiger partial charge in [0.2, 0.25) is 5.91 Å². The molecule has 0 aliphatic rings. The zero-order valence-corrected chi connectivity index (χ0v) is 20.8. The lowest BCUT2D eigenvalue weighted by Gasteiger charge is -2.25. The molecule has 0 heterocycles. The number of para-hydroxylation sites is 1. The first-order valence-corrected chi connectivity index (χ1v) is 12.6. The summed E-state index contributed by atoms with van der Waals surface area (Å²) in [6.45, 7) is 12.6. The van der Waals surface area contributed by atoms with E-state index in [4.69, 9.17) is 0 Å². The summed E-state index contributed by atoms with van der Waals surface area (Å²) in [4.78, 5) is 13.4. The number of hydrogen-bond donors (Lipinski definition) is 2. The van der Waals surface area contributed by atoms with Crippen molar-refractivity contribution in [1.82, 2.24) is 0 Å². The fraction of sp³-hybridized carbons (Fsp3) is 0.346. The van der Waals surface area contributed by atoms with E-state index in [2.05, 4.69) is 39.9 Å². The molecule has 0 fully saturated rings. The molecule has 0 spiro atoms. The SMILES string of the molecule is CC[NH+](C(C)C)C(C)C.O=C(Cc1ccc2ccccc2c1)Nc1ccccc1S(=O)(=O)[O-]. The second-order valence-corrected chi connectivity index (χ2v) is 9.94. The quantitative estimate of drug-likeness (QED) is 0.516. The minimum atomic E-state index is -4.65. The van der Waals surface area contributed by atoms with E-state index in [9.17, 15) is 17.8 Å². The molecule has 0 saturated heterocycles. The topological polar surface area (TPSA) is 90.7 Å². The smallest absolute Gasteiger partial charge is 0.228 e. The molecule has 3 rings (SSSR count). The summed E-state index contributed by atoms with van der Waals surface area (Å²) < 4.78 is 33.7. The van der Waals surface area contributed by atoms with Gasteiger partial charge in [-0.3, -0.25) is 4.79 Å². The Morgan fingerprint density at radius 1 is 0.909 bits per heavy atom. The fourth-order valence-electron chi connectivity index (χ4n) is 4.00. The number of amides is 1. The number of carbonyl (C=O) groups is 1. The maximum atomic E-state index is 12.2. The molecule has 0 atom stereocenters. The van der Waals surface area contributed by atoms with Gasteiger partial charge in [-0.15, -0.1) is 0 Å². The summed E-state index contributed by atoms with van der Waals surface area (Å²) in [5.74, 6) is -0.388. The van der Waals surface area contributed by atoms with E-state index >= 15 is 0 Å². The minimum Gasteiger partial charge on any atom is -0.744 e. The van der Waals surface area contributed by atoms with Crippen molar-refractivity contribution in [2.24, 2.45) is 0 Å². The standard InChI is InChI=1S/C18H15NO4S.C8H19N/c20-18(19-16-7-3-4-8-17(16)24(21,22)23)12-13-9-10-14-5-1-2-6-15(14)11-13;1-6-9(7(2)3)8(4)5/h1-11H,12H2,(H,19,20)(H,21,22,23);7-8H,6H2,1-5H3. The Labute approximate surface area is 197 Å². The first kappa shape index (κ1) is 26.5. The number of benzene rings is 3. The summed E-state index contributed by atoms with van der Waals surface area (Å²) in [7, 11) is -4.65. The van der Waals surface area contributed by atoms with Crippen LogP contribution < -0.4 is 10.2 Å². The van der Waals surface area contributed by atoms with Gasteiger partial charge >= 0.3 is 0 Å². The molecule has 7 heteroatoms. The Morgan fingerprint density at radius 2 is 1.48 bits per heavy atom. The van der Waals surface area contributed by atoms with Gasteiger partial charge in [0.15, 0.2) is 0 Å². The number of hydrogen-bond acceptors (Lipinski definition) is 4. The molecule has 0 aliphatic carbocycles. The van der Waals surface area contributed by atoms with Crippen LogP contribution >= 0.6 is 0 Å². The molecule has 0 radical (unpaired) electrons. The number of anilines is 1. The predicted molar refractivity (Wildman–Crippen MR) is 132 cm³/mol. The highest BCUT2D eigenvalue weighted by molar-refractivity contribution is 7.86. The molecule has 0 aliphatic heterocycles. The van der Waals surface area contributed by atoms with Gasteiger partial charge in [0, 0.05) is 0 Å². The summed E-state index contributed by atoms with van der Waals surface area (Å²) in [5.41, 5.74) is 0.798. The van der Waals surface area contributed by atoms with Gasteiger partial charge in [0.05, 0.1) is 35.6 Å². The van der Waals surface area contributed by atoms with Crippen molar-refractivity contribution in [2.45, 2.75) is 58.0 Å². The highest BCUT2D eigenvalue weighted by Crippen LogP contribution is 2.21. The second kappa shape index (κ2) is 11.9. The molecule has 0 unspecified atom stereocenters. The van der Waals surface area contributed by atoms with Gasteiger partial charge in [0.25, 0.3) is 0 Å². The summed E-state index contributed by atoms with van der Waals surface area (Å²) in [5, 5.41) is 4.59. The van der Waals surface area contributed by atoms with E-state index in [1.54, 1.807) is 11.0 Å². The molecule has 33 heavy (non-hydrogen) atoms. The summed E-state index contributed by atoms with van der Waals surface area (Å²) in [6, 6.07) is 20.6. The normalized spacial score (nSPS) is 11.5. The maximum absolute atomic E-state index is 12.2. The molecule has 1 amide bonds. The molecule has 178 valence electrons. The average molecular weight is 471 g/mol. The Hall–Kier alpha value is -2.74. The van der Waals surface area contributed by atoms with E-state index in [1.165, 1.54) is 24.7 Å². The molecule has 3 aromatic carbocycles. The lowest BCUT2D eigenvalue weighted by atomic mass is 10.0. The molecule has 0 bridgehead atoms. The Kier molecular flexibility index (Phi) is 9.58. The number of rotatable bonds is 7. The molecule has 2 N–H and O–H groups in total. The van der Waals surface area contributed by atoms with Crippen molar-refractivity contribution in [1.29, 1.82) is 0 Å². The zero-order chi connectivity index (χ0) is 24.6. The van der Waals surface area contributed by atoms with Gasteiger partial charge in [-0.1, -0.05) is 54.6 Å². The monoisotopic (exact) mass is 470 g/mol. The number of nitrogens with one attached hydrogen (secondary N) is 2. The highest BCUT2D eigenvalue weighted by Gasteiger charge is 2.13. The van der Waals surface area contributed by atoms with Crippen LogP contribution in [0.15, 0.2) is 71.6 Å². The molecule has 0 aromatic heterocycles. The van der Waals surface area contributed by atoms with Crippen LogP contribution in [0.3, 0.4) is 0 Å². The molecular formula is C26H34N2O4S. The van der Waals surface area contributed by atoms with Crippen molar-refractivity contribution >= 4 is 32.5 Å². The molecular weight excluding hydrogens is 436 g/mol. The predicted octanol–water partition coefficient (Wildman–Crippen LogP) is 3.63. The number of carbonyl (C=O) groups excluding carboxylic acids is 1. The van der Waals surface area contributed by atoms with E-state index in [0.29, 0.717) is 0 Å². The Bertz CT molecular complexity index is 1170. The van der Waals surface area contributed by atoms with E-state index < -0.39 is 15.0 Å². The lowest BCUT2D eigenvalue weighted by Crippen LogP contribution is -3.17. The van der Waals surface area contributed by atoms with Crippen molar-refractivity contribution in [3.63, 3.8) is 0 Å². The van der Waals surface area contributed by atoms with E-state index in [-0.39, 0.29) is 18.0 Å². The van der Waals surface area contributed by atoms with Crippen molar-refractivity contribution < 1.29 is 22.7 Å². The molecule has 3 aromatic rings. The van der Waals surface area contributed by atoms with Crippen LogP contribution in [-0.4, -0.2) is 37.5 Å². The third kappa shape index (κ3) is 7.96. The van der Waals surface area contributed by atoms with Gasteiger partial charge in [-0.05, 0) is 63.1 Å². The van der Waals surface area contributed by atoms with Crippen LogP contribution in [0, 0.1) is 0 Å². The van der Waals surface area contributed by atoms with E-state index in [0.717, 1.165) is 28.4 Å². The largest absolute Gasteiger partial charge is 0.744 e. The Balaban J connectivity index is 0.000000365. The number of quaternary nitrogens is 1. The van der Waals surface area contributed by atoms with Crippen molar-refractivity contribution in [2.75, 3.05) is 11.9 Å². The van der Waals surface area contributed by atoms with Crippen LogP contribution in [-0.2, 0) is 21.3 Å². The third-order valence-corrected chi connectivity index (χ3v) is 6.40. The average Bonchev–Trinajstić information content (AvgIpc) is 2.73. The van der Waals surface area contributed by atoms with Crippen LogP contribution in [0.2, 0.25) is 0 Å². The Morgan fingerprint density at radius 3 is 2.03 bits per heavy atom. The van der Waals surface area contributed by atoms with Gasteiger partial charge in [-0.2, -0.15) is 0 Å². The zero-order valence-electron chi connectivity index (χ0n) is 20.0. The molecule has 0 saturated carbocycles. The first-order valence-electron chi connectivity index (χ1n) is 11.2. The van der Waals surface area contributed by atoms with Gasteiger partial charge < -0.3 is 14.8 Å². The maximum Gasteiger partial charge on any atom is 0.228 e. The van der Waals surface area contributed by atoms with Crippen LogP contribution in [0.4, 0.5) is 5.69 Å². The highest BCUT2D eigenvalue weighted by atomic mass is 32.2. The summed E-state index contributed by atoms with van der Waals surface area (Å²) >= 11 is 0. The number of fused-ring (bicyclic) bond motifs is 1. The van der Waals surface area contributed by atoms with Crippen LogP contribution in [0.5, 0.6) is 0 Å². The van der Waals surface area contributed by atoms with Crippen LogP contribution in [0.25, 0.3) is 10.8 Å². The first-order chi connectivity index (χ1) is 15.5. The fourth-order valence-corrected chi connectivity index (χ4v) is 4.63. The minimum absolute atomic E-state index is 0.00158. The van der Waals surface area contributed by atoms with E-state index in [1.807, 2.05) is 42.5 Å². The third-order valence-electron chi connectivity index (χ3n) is 5.50. The molecule has 6 nitrogen and oxygen atoms in total. The van der Waals surface area contributed by atoms with Crippen molar-refractivity contribution in [3.05, 3.63) is 72.3 Å². The van der Waals surface area contributed by atoms with Crippen molar-refractivity contribution in [3.8, 4) is 0 Å². The van der Waals surface area contributed by atoms with Gasteiger partial charge in [-0.25, -0.2) is 8.42 Å². The summed E-state index contributed by atoms with van der Waals surface area (Å²) in [6.07, 6.45) is 0.0814. The van der Waals surface area contributed by atoms with Gasteiger partial charge in [0.1, 0.15) is 10.1 Å². The lowest BCUT2D eigenvalue weighted by molar-refractivity contribution is -0.940. The second-order valence-electron chi connectivity index (χ2n) is 8.59.